The number of rotatable bonds is 11. The van der Waals surface area contributed by atoms with Gasteiger partial charge in [-0.3, -0.25) is 38.4 Å². The molecule has 18 nitrogen and oxygen atoms in total. The maximum atomic E-state index is 14.3. The van der Waals surface area contributed by atoms with Gasteiger partial charge in [0.25, 0.3) is 12.3 Å². The van der Waals surface area contributed by atoms with Gasteiger partial charge < -0.3 is 25.0 Å². The molecule has 6 fully saturated rings. The first-order valence-corrected chi connectivity index (χ1v) is 23.0. The number of alkyl halides is 2. The standard InChI is InChI=1S/C45H54F2N12O6/c1-53-39-31(3-2-4-34(39)59(44(53)63)35-9-10-37(60)51-43(35)62)27-18-45(64,19-27)25-55-15-13-54(14-16-55)21-26-5-7-28(8-6-26)58-23-33(38(52-58)40(46)47)49-42(61)32-20-48-57-12-11-36(50-41(32)57)56-22-30-17-29(56)24-65-30/h2-4,11-12,20,23,26-30,35,40,64H,5-10,13-19,21-22,24-25H2,1H3,(H,49,61)(H,51,60,62)/t26-,27-,28-,29?,30?,35?,45+. The van der Waals surface area contributed by atoms with Crippen LogP contribution in [0.4, 0.5) is 20.3 Å². The van der Waals surface area contributed by atoms with E-state index in [0.29, 0.717) is 43.1 Å². The second-order valence-corrected chi connectivity index (χ2v) is 19.2. The number of nitrogens with one attached hydrogen (secondary N) is 2. The number of nitrogens with zero attached hydrogens (tertiary/aromatic N) is 10. The lowest BCUT2D eigenvalue weighted by atomic mass is 9.67. The molecular weight excluding hydrogens is 843 g/mol. The number of aliphatic hydroxyl groups is 1. The number of aryl methyl sites for hydroxylation is 1. The molecule has 4 saturated heterocycles. The van der Waals surface area contributed by atoms with E-state index in [2.05, 4.69) is 35.5 Å². The number of fused-ring (bicyclic) bond motifs is 4. The molecule has 8 heterocycles. The second kappa shape index (κ2) is 16.4. The Hall–Kier alpha value is -5.57. The number of hydrogen-bond acceptors (Lipinski definition) is 12. The minimum absolute atomic E-state index is 0.0115. The number of aromatic nitrogens is 7. The van der Waals surface area contributed by atoms with Crippen molar-refractivity contribution >= 4 is 45.9 Å². The van der Waals surface area contributed by atoms with Crippen LogP contribution in [0.15, 0.2) is 47.7 Å². The summed E-state index contributed by atoms with van der Waals surface area (Å²) in [6.45, 7) is 6.39. The Morgan fingerprint density at radius 3 is 2.54 bits per heavy atom. The third kappa shape index (κ3) is 7.70. The first-order chi connectivity index (χ1) is 31.4. The minimum atomic E-state index is -2.87. The van der Waals surface area contributed by atoms with E-state index < -0.39 is 35.6 Å². The molecule has 2 saturated carbocycles. The largest absolute Gasteiger partial charge is 0.389 e. The van der Waals surface area contributed by atoms with Gasteiger partial charge in [0, 0.05) is 71.7 Å². The Morgan fingerprint density at radius 2 is 1.82 bits per heavy atom. The van der Waals surface area contributed by atoms with E-state index in [1.165, 1.54) is 21.5 Å². The Morgan fingerprint density at radius 1 is 1.03 bits per heavy atom. The average Bonchev–Trinajstić information content (AvgIpc) is 4.14. The van der Waals surface area contributed by atoms with E-state index in [4.69, 9.17) is 9.72 Å². The number of benzene rings is 1. The van der Waals surface area contributed by atoms with E-state index in [1.807, 2.05) is 24.3 Å². The van der Waals surface area contributed by atoms with E-state index in [0.717, 1.165) is 88.3 Å². The first kappa shape index (κ1) is 42.1. The van der Waals surface area contributed by atoms with E-state index in [1.54, 1.807) is 22.5 Å². The highest BCUT2D eigenvalue weighted by molar-refractivity contribution is 6.08. The van der Waals surface area contributed by atoms with Gasteiger partial charge in [0.05, 0.1) is 53.3 Å². The summed E-state index contributed by atoms with van der Waals surface area (Å²) in [5.74, 6) is -0.0949. The van der Waals surface area contributed by atoms with Crippen molar-refractivity contribution in [2.24, 2.45) is 13.0 Å². The van der Waals surface area contributed by atoms with Crippen molar-refractivity contribution in [1.82, 2.24) is 48.6 Å². The lowest BCUT2D eigenvalue weighted by molar-refractivity contribution is -0.135. The highest BCUT2D eigenvalue weighted by Gasteiger charge is 2.46. The molecule has 6 aliphatic rings. The van der Waals surface area contributed by atoms with Gasteiger partial charge in [0.1, 0.15) is 17.4 Å². The number of carbonyl (C=O) groups is 3. The van der Waals surface area contributed by atoms with Crippen LogP contribution in [-0.4, -0.2) is 136 Å². The molecule has 0 radical (unpaired) electrons. The maximum absolute atomic E-state index is 14.3. The van der Waals surface area contributed by atoms with Crippen molar-refractivity contribution in [2.45, 2.75) is 100.0 Å². The fourth-order valence-electron chi connectivity index (χ4n) is 11.6. The summed E-state index contributed by atoms with van der Waals surface area (Å²) < 4.78 is 40.6. The number of halogens is 2. The summed E-state index contributed by atoms with van der Waals surface area (Å²) in [4.78, 5) is 63.3. The summed E-state index contributed by atoms with van der Waals surface area (Å²) in [5.41, 5.74) is 1.35. The Kier molecular flexibility index (Phi) is 10.6. The third-order valence-corrected chi connectivity index (χ3v) is 15.0. The van der Waals surface area contributed by atoms with Gasteiger partial charge in [-0.2, -0.15) is 10.2 Å². The van der Waals surface area contributed by atoms with Crippen LogP contribution in [0.25, 0.3) is 16.7 Å². The molecule has 20 heteroatoms. The number of β-amino-alcohol motifs (C(OH)–C–C–N with tert-alkyl or cyclic N) is 1. The number of imide groups is 1. The summed E-state index contributed by atoms with van der Waals surface area (Å²) in [7, 11) is 1.71. The van der Waals surface area contributed by atoms with Crippen molar-refractivity contribution in [2.75, 3.05) is 62.6 Å². The zero-order valence-electron chi connectivity index (χ0n) is 36.3. The Labute approximate surface area is 372 Å². The molecule has 3 N–H and O–H groups in total. The molecular formula is C45H54F2N12O6. The van der Waals surface area contributed by atoms with Crippen LogP contribution in [-0.2, 0) is 21.4 Å². The Bertz CT molecular complexity index is 2720. The van der Waals surface area contributed by atoms with Crippen LogP contribution in [0.5, 0.6) is 0 Å². The van der Waals surface area contributed by atoms with Crippen LogP contribution in [0.1, 0.15) is 104 Å². The number of amides is 3. The number of piperazine rings is 1. The second-order valence-electron chi connectivity index (χ2n) is 19.2. The zero-order valence-corrected chi connectivity index (χ0v) is 36.3. The minimum Gasteiger partial charge on any atom is -0.389 e. The van der Waals surface area contributed by atoms with Crippen LogP contribution in [0, 0.1) is 5.92 Å². The van der Waals surface area contributed by atoms with Gasteiger partial charge in [-0.1, -0.05) is 12.1 Å². The number of carbonyl (C=O) groups excluding carboxylic acids is 3. The van der Waals surface area contributed by atoms with E-state index >= 15 is 0 Å². The molecule has 3 unspecified atom stereocenters. The normalized spacial score (nSPS) is 28.7. The number of anilines is 2. The van der Waals surface area contributed by atoms with Crippen molar-refractivity contribution in [3.05, 3.63) is 70.2 Å². The SMILES string of the molecule is Cn1c(=O)n(C2CCC(=O)NC2=O)c2cccc([C@H]3C[C@](O)(CN4CCN(C[C@H]5CC[C@H](n6cc(NC(=O)c7cnn8ccc(N9CC%10CC9CO%10)nc78)c(C(F)F)n6)CC5)CC4)C3)c21. The number of hydrogen-bond donors (Lipinski definition) is 3. The van der Waals surface area contributed by atoms with Crippen LogP contribution >= 0.6 is 0 Å². The van der Waals surface area contributed by atoms with E-state index in [-0.39, 0.29) is 59.8 Å². The fraction of sp³-hybridized carbons (Fsp3) is 0.578. The molecule has 2 bridgehead atoms. The molecule has 0 spiro atoms. The highest BCUT2D eigenvalue weighted by atomic mass is 19.3. The van der Waals surface area contributed by atoms with Gasteiger partial charge in [-0.25, -0.2) is 23.1 Å². The first-order valence-electron chi connectivity index (χ1n) is 23.0. The Balaban J connectivity index is 0.661. The van der Waals surface area contributed by atoms with Gasteiger partial charge in [0.2, 0.25) is 11.8 Å². The maximum Gasteiger partial charge on any atom is 0.329 e. The number of ether oxygens (including phenoxy) is 1. The molecule has 3 atom stereocenters. The predicted octanol–water partition coefficient (Wildman–Crippen LogP) is 3.38. The number of para-hydroxylation sites is 1. The molecule has 4 aromatic heterocycles. The van der Waals surface area contributed by atoms with Crippen LogP contribution in [0.3, 0.4) is 0 Å². The molecule has 3 amide bonds. The molecule has 344 valence electrons. The van der Waals surface area contributed by atoms with Crippen LogP contribution < -0.4 is 21.2 Å². The fourth-order valence-corrected chi connectivity index (χ4v) is 11.6. The summed E-state index contributed by atoms with van der Waals surface area (Å²) in [6, 6.07) is 7.05. The molecule has 65 heavy (non-hydrogen) atoms. The summed E-state index contributed by atoms with van der Waals surface area (Å²) >= 11 is 0. The lowest BCUT2D eigenvalue weighted by Crippen LogP contribution is -2.56. The predicted molar refractivity (Wildman–Crippen MR) is 233 cm³/mol. The number of morpholine rings is 1. The topological polar surface area (TPSA) is 189 Å². The third-order valence-electron chi connectivity index (χ3n) is 15.0. The van der Waals surface area contributed by atoms with Gasteiger partial charge in [-0.15, -0.1) is 0 Å². The monoisotopic (exact) mass is 896 g/mol. The van der Waals surface area contributed by atoms with Gasteiger partial charge in [0.15, 0.2) is 11.3 Å². The van der Waals surface area contributed by atoms with Crippen molar-refractivity contribution < 1.29 is 33.0 Å². The van der Waals surface area contributed by atoms with E-state index in [9.17, 15) is 33.1 Å². The molecule has 11 rings (SSSR count). The average molecular weight is 897 g/mol. The van der Waals surface area contributed by atoms with Gasteiger partial charge >= 0.3 is 5.69 Å². The van der Waals surface area contributed by atoms with Crippen LogP contribution in [0.2, 0.25) is 0 Å². The van der Waals surface area contributed by atoms with Gasteiger partial charge in [-0.05, 0) is 80.9 Å². The van der Waals surface area contributed by atoms with Crippen molar-refractivity contribution in [1.29, 1.82) is 0 Å². The summed E-state index contributed by atoms with van der Waals surface area (Å²) in [6.07, 6.45) is 8.03. The van der Waals surface area contributed by atoms with Crippen molar-refractivity contribution in [3.63, 3.8) is 0 Å². The molecule has 4 aliphatic heterocycles. The lowest BCUT2D eigenvalue weighted by Gasteiger charge is -2.48. The molecule has 2 aliphatic carbocycles. The zero-order chi connectivity index (χ0) is 44.7. The highest BCUT2D eigenvalue weighted by Crippen LogP contribution is 2.47. The molecule has 1 aromatic carbocycles. The number of piperidine rings is 1. The molecule has 5 aromatic rings. The van der Waals surface area contributed by atoms with Crippen molar-refractivity contribution in [3.8, 4) is 0 Å². The smallest absolute Gasteiger partial charge is 0.329 e. The quantitative estimate of drug-likeness (QED) is 0.164. The number of imidazole rings is 1. The summed E-state index contributed by atoms with van der Waals surface area (Å²) in [5, 5.41) is 25.3.